The second kappa shape index (κ2) is 10.3. The van der Waals surface area contributed by atoms with Gasteiger partial charge in [-0.1, -0.05) is 54.6 Å². The highest BCUT2D eigenvalue weighted by molar-refractivity contribution is 6.16. The molecule has 1 saturated heterocycles. The number of ether oxygens (including phenoxy) is 2. The molecule has 4 aromatic carbocycles. The van der Waals surface area contributed by atoms with Gasteiger partial charge in [-0.3, -0.25) is 19.2 Å². The first-order valence-corrected chi connectivity index (χ1v) is 14.3. The van der Waals surface area contributed by atoms with E-state index in [0.29, 0.717) is 33.9 Å². The van der Waals surface area contributed by atoms with E-state index < -0.39 is 29.4 Å². The molecule has 1 amide bonds. The monoisotopic (exact) mass is 584 g/mol. The van der Waals surface area contributed by atoms with Gasteiger partial charge in [0.15, 0.2) is 11.6 Å². The number of ketones is 2. The van der Waals surface area contributed by atoms with Gasteiger partial charge in [0.25, 0.3) is 0 Å². The summed E-state index contributed by atoms with van der Waals surface area (Å²) in [6.45, 7) is 1.30. The number of nitrogens with zero attached hydrogens (tertiary/aromatic N) is 1. The molecule has 218 valence electrons. The molecule has 3 aliphatic rings. The lowest BCUT2D eigenvalue weighted by atomic mass is 9.62. The van der Waals surface area contributed by atoms with Crippen molar-refractivity contribution in [2.75, 3.05) is 12.4 Å². The summed E-state index contributed by atoms with van der Waals surface area (Å²) in [6.07, 6.45) is 3.75. The predicted molar refractivity (Wildman–Crippen MR) is 163 cm³/mol. The van der Waals surface area contributed by atoms with E-state index in [1.807, 2.05) is 65.7 Å². The van der Waals surface area contributed by atoms with Crippen molar-refractivity contribution in [3.8, 4) is 11.5 Å². The Morgan fingerprint density at radius 1 is 0.818 bits per heavy atom. The highest BCUT2D eigenvalue weighted by Crippen LogP contribution is 2.62. The maximum atomic E-state index is 14.9. The van der Waals surface area contributed by atoms with Gasteiger partial charge in [-0.25, -0.2) is 0 Å². The summed E-state index contributed by atoms with van der Waals surface area (Å²) in [5.74, 6) is -1.80. The van der Waals surface area contributed by atoms with Gasteiger partial charge in [0.1, 0.15) is 23.0 Å². The molecule has 3 heterocycles. The number of Topliss-reactive ketones (excluding diaryl/α,β-unsaturated/α-hetero) is 2. The maximum absolute atomic E-state index is 14.9. The number of carbonyl (C=O) groups is 4. The molecule has 1 fully saturated rings. The number of hydrogen-bond donors (Lipinski definition) is 1. The van der Waals surface area contributed by atoms with E-state index in [1.54, 1.807) is 48.5 Å². The quantitative estimate of drug-likeness (QED) is 0.179. The van der Waals surface area contributed by atoms with Crippen LogP contribution in [0.25, 0.3) is 6.08 Å². The van der Waals surface area contributed by atoms with E-state index in [9.17, 15) is 19.2 Å². The molecular formula is C36H28N2O6. The minimum atomic E-state index is -1.43. The number of benzene rings is 4. The molecule has 1 spiro atoms. The number of fused-ring (bicyclic) bond motifs is 6. The van der Waals surface area contributed by atoms with Crippen molar-refractivity contribution >= 4 is 35.2 Å². The molecule has 4 unspecified atom stereocenters. The fraction of sp³-hybridized carbons (Fsp3) is 0.167. The van der Waals surface area contributed by atoms with Crippen molar-refractivity contribution in [2.24, 2.45) is 5.92 Å². The Labute approximate surface area is 253 Å². The van der Waals surface area contributed by atoms with Gasteiger partial charge in [-0.2, -0.15) is 0 Å². The molecule has 4 aromatic rings. The fourth-order valence-electron chi connectivity index (χ4n) is 7.15. The van der Waals surface area contributed by atoms with Crippen LogP contribution < -0.4 is 14.8 Å². The Morgan fingerprint density at radius 3 is 2.34 bits per heavy atom. The molecule has 44 heavy (non-hydrogen) atoms. The molecule has 8 heteroatoms. The number of methoxy groups -OCH3 is 1. The number of para-hydroxylation sites is 1. The van der Waals surface area contributed by atoms with Gasteiger partial charge < -0.3 is 19.7 Å². The van der Waals surface area contributed by atoms with Crippen molar-refractivity contribution in [3.05, 3.63) is 131 Å². The molecule has 0 aliphatic carbocycles. The highest BCUT2D eigenvalue weighted by atomic mass is 16.5. The SMILES string of the molecule is COc1cccc(C(=O)C2C(C(=O)c3ccc(OC(C)=O)cc3)N3C=Cc4ccccc4C3C23C(=O)Nc2ccccc23)c1. The average Bonchev–Trinajstić information content (AvgIpc) is 3.52. The number of rotatable bonds is 6. The third kappa shape index (κ3) is 3.98. The molecule has 0 saturated carbocycles. The summed E-state index contributed by atoms with van der Waals surface area (Å²) in [4.78, 5) is 57.5. The molecular weight excluding hydrogens is 556 g/mol. The average molecular weight is 585 g/mol. The van der Waals surface area contributed by atoms with Gasteiger partial charge >= 0.3 is 5.97 Å². The molecule has 0 bridgehead atoms. The van der Waals surface area contributed by atoms with Crippen LogP contribution in [0.5, 0.6) is 11.5 Å². The molecule has 4 atom stereocenters. The summed E-state index contributed by atoms with van der Waals surface area (Å²) >= 11 is 0. The zero-order valence-corrected chi connectivity index (χ0v) is 24.0. The lowest BCUT2D eigenvalue weighted by Gasteiger charge is -2.38. The van der Waals surface area contributed by atoms with Crippen molar-refractivity contribution in [1.29, 1.82) is 0 Å². The van der Waals surface area contributed by atoms with E-state index in [1.165, 1.54) is 14.0 Å². The van der Waals surface area contributed by atoms with Crippen molar-refractivity contribution < 1.29 is 28.7 Å². The Bertz CT molecular complexity index is 1880. The fourth-order valence-corrected chi connectivity index (χ4v) is 7.15. The second-order valence-electron chi connectivity index (χ2n) is 11.2. The normalized spacial score (nSPS) is 22.5. The number of nitrogens with one attached hydrogen (secondary N) is 1. The van der Waals surface area contributed by atoms with Crippen LogP contribution in [0.1, 0.15) is 50.4 Å². The van der Waals surface area contributed by atoms with Crippen LogP contribution in [0.3, 0.4) is 0 Å². The van der Waals surface area contributed by atoms with Gasteiger partial charge in [0.2, 0.25) is 5.91 Å². The summed E-state index contributed by atoms with van der Waals surface area (Å²) in [5, 5.41) is 3.05. The van der Waals surface area contributed by atoms with Crippen molar-refractivity contribution in [3.63, 3.8) is 0 Å². The number of anilines is 1. The Morgan fingerprint density at radius 2 is 1.57 bits per heavy atom. The zero-order valence-electron chi connectivity index (χ0n) is 24.0. The minimum Gasteiger partial charge on any atom is -0.497 e. The van der Waals surface area contributed by atoms with Crippen LogP contribution in [0.2, 0.25) is 0 Å². The van der Waals surface area contributed by atoms with E-state index in [-0.39, 0.29) is 17.5 Å². The second-order valence-corrected chi connectivity index (χ2v) is 11.2. The first-order chi connectivity index (χ1) is 21.3. The summed E-state index contributed by atoms with van der Waals surface area (Å²) in [7, 11) is 1.52. The lowest BCUT2D eigenvalue weighted by molar-refractivity contribution is -0.131. The molecule has 8 nitrogen and oxygen atoms in total. The van der Waals surface area contributed by atoms with Gasteiger partial charge in [-0.05, 0) is 65.2 Å². The van der Waals surface area contributed by atoms with Crippen LogP contribution in [0.15, 0.2) is 103 Å². The first kappa shape index (κ1) is 27.3. The van der Waals surface area contributed by atoms with Gasteiger partial charge in [0, 0.05) is 29.9 Å². The van der Waals surface area contributed by atoms with E-state index >= 15 is 0 Å². The topological polar surface area (TPSA) is 102 Å². The number of carbonyl (C=O) groups excluding carboxylic acids is 4. The van der Waals surface area contributed by atoms with Crippen molar-refractivity contribution in [2.45, 2.75) is 24.4 Å². The van der Waals surface area contributed by atoms with E-state index in [4.69, 9.17) is 9.47 Å². The highest BCUT2D eigenvalue weighted by Gasteiger charge is 2.70. The Hall–Kier alpha value is -5.50. The first-order valence-electron chi connectivity index (χ1n) is 14.3. The molecule has 0 aromatic heterocycles. The Kier molecular flexibility index (Phi) is 6.43. The number of esters is 1. The van der Waals surface area contributed by atoms with E-state index in [0.717, 1.165) is 11.1 Å². The standard InChI is InChI=1S/C36H28N2O6/c1-21(39)44-25-16-14-23(15-17-25)33(41)31-30(32(40)24-9-7-10-26(20-24)43-2)36(28-12-5-6-13-29(28)37-35(36)42)34-27-11-4-3-8-22(27)18-19-38(31)34/h3-20,30-31,34H,1-2H3,(H,37,42). The predicted octanol–water partition coefficient (Wildman–Crippen LogP) is 5.60. The third-order valence-corrected chi connectivity index (χ3v) is 8.88. The Balaban J connectivity index is 1.48. The van der Waals surface area contributed by atoms with Crippen LogP contribution >= 0.6 is 0 Å². The summed E-state index contributed by atoms with van der Waals surface area (Å²) in [5.41, 5.74) is 2.28. The van der Waals surface area contributed by atoms with Crippen LogP contribution in [0.4, 0.5) is 5.69 Å². The number of hydrogen-bond acceptors (Lipinski definition) is 7. The molecule has 0 radical (unpaired) electrons. The van der Waals surface area contributed by atoms with Crippen LogP contribution in [-0.4, -0.2) is 41.5 Å². The van der Waals surface area contributed by atoms with E-state index in [2.05, 4.69) is 5.32 Å². The largest absolute Gasteiger partial charge is 0.497 e. The smallest absolute Gasteiger partial charge is 0.308 e. The number of amides is 1. The zero-order chi connectivity index (χ0) is 30.6. The van der Waals surface area contributed by atoms with Crippen LogP contribution in [0, 0.1) is 5.92 Å². The minimum absolute atomic E-state index is 0.301. The summed E-state index contributed by atoms with van der Waals surface area (Å²) < 4.78 is 10.6. The molecule has 7 rings (SSSR count). The van der Waals surface area contributed by atoms with Gasteiger partial charge in [-0.15, -0.1) is 0 Å². The summed E-state index contributed by atoms with van der Waals surface area (Å²) in [6, 6.07) is 26.5. The lowest BCUT2D eigenvalue weighted by Crippen LogP contribution is -2.49. The molecule has 3 aliphatic heterocycles. The van der Waals surface area contributed by atoms with Crippen molar-refractivity contribution in [1.82, 2.24) is 4.90 Å². The van der Waals surface area contributed by atoms with Gasteiger partial charge in [0.05, 0.1) is 19.1 Å². The molecule has 1 N–H and O–H groups in total. The van der Waals surface area contributed by atoms with Crippen LogP contribution in [-0.2, 0) is 15.0 Å². The third-order valence-electron chi connectivity index (χ3n) is 8.88. The maximum Gasteiger partial charge on any atom is 0.308 e.